The van der Waals surface area contributed by atoms with E-state index in [2.05, 4.69) is 0 Å². The van der Waals surface area contributed by atoms with Gasteiger partial charge >= 0.3 is 5.97 Å². The average molecular weight is 247 g/mol. The van der Waals surface area contributed by atoms with Gasteiger partial charge in [0.25, 0.3) is 0 Å². The third kappa shape index (κ3) is 3.09. The molecule has 96 valence electrons. The van der Waals surface area contributed by atoms with E-state index in [4.69, 9.17) is 4.74 Å². The van der Waals surface area contributed by atoms with Crippen LogP contribution in [-0.2, 0) is 4.79 Å². The zero-order valence-electron chi connectivity index (χ0n) is 10.1. The van der Waals surface area contributed by atoms with E-state index in [0.717, 1.165) is 25.7 Å². The Morgan fingerprint density at radius 3 is 2.22 bits per heavy atom. The standard InChI is InChI=1S/C14H16O4/c15-13(16)10-6-8-12(9-7-10)18-14(17)11-4-2-1-3-5-11/h6-9,11H,1-5H2,(H,15,16)/p-1. The van der Waals surface area contributed by atoms with Gasteiger partial charge in [-0.3, -0.25) is 4.79 Å². The van der Waals surface area contributed by atoms with Crippen LogP contribution < -0.4 is 9.84 Å². The molecule has 2 rings (SSSR count). The Bertz CT molecular complexity index is 430. The van der Waals surface area contributed by atoms with Crippen LogP contribution in [0.3, 0.4) is 0 Å². The fourth-order valence-corrected chi connectivity index (χ4v) is 2.20. The summed E-state index contributed by atoms with van der Waals surface area (Å²) in [4.78, 5) is 22.4. The molecule has 1 aromatic carbocycles. The highest BCUT2D eigenvalue weighted by molar-refractivity contribution is 5.86. The summed E-state index contributed by atoms with van der Waals surface area (Å²) in [6.45, 7) is 0. The molecule has 0 bridgehead atoms. The second-order valence-corrected chi connectivity index (χ2v) is 4.57. The lowest BCUT2D eigenvalue weighted by Crippen LogP contribution is -2.23. The van der Waals surface area contributed by atoms with E-state index in [-0.39, 0.29) is 17.5 Å². The maximum atomic E-state index is 11.8. The average Bonchev–Trinajstić information content (AvgIpc) is 2.40. The molecular weight excluding hydrogens is 232 g/mol. The first-order valence-electron chi connectivity index (χ1n) is 6.20. The summed E-state index contributed by atoms with van der Waals surface area (Å²) in [6, 6.07) is 5.70. The molecule has 0 saturated heterocycles. The maximum Gasteiger partial charge on any atom is 0.314 e. The first-order valence-corrected chi connectivity index (χ1v) is 6.20. The highest BCUT2D eigenvalue weighted by Crippen LogP contribution is 2.25. The second-order valence-electron chi connectivity index (χ2n) is 4.57. The lowest BCUT2D eigenvalue weighted by molar-refractivity contribution is -0.255. The lowest BCUT2D eigenvalue weighted by Gasteiger charge is -2.19. The number of carbonyl (C=O) groups is 2. The van der Waals surface area contributed by atoms with Crippen LogP contribution in [0.1, 0.15) is 42.5 Å². The molecular formula is C14H15O4-. The number of carboxylic acids is 1. The number of carboxylic acid groups (broad SMARTS) is 1. The van der Waals surface area contributed by atoms with Crippen molar-refractivity contribution < 1.29 is 19.4 Å². The number of ether oxygens (including phenoxy) is 1. The molecule has 0 aliphatic heterocycles. The van der Waals surface area contributed by atoms with Crippen molar-refractivity contribution in [3.63, 3.8) is 0 Å². The second kappa shape index (κ2) is 5.67. The van der Waals surface area contributed by atoms with Crippen molar-refractivity contribution in [1.29, 1.82) is 0 Å². The molecule has 1 aliphatic carbocycles. The number of rotatable bonds is 3. The van der Waals surface area contributed by atoms with E-state index in [1.54, 1.807) is 0 Å². The van der Waals surface area contributed by atoms with Gasteiger partial charge in [-0.2, -0.15) is 0 Å². The molecule has 4 nitrogen and oxygen atoms in total. The van der Waals surface area contributed by atoms with Gasteiger partial charge in [-0.15, -0.1) is 0 Å². The first kappa shape index (κ1) is 12.6. The molecule has 4 heteroatoms. The number of benzene rings is 1. The van der Waals surface area contributed by atoms with Gasteiger partial charge in [-0.05, 0) is 42.7 Å². The molecule has 1 aromatic rings. The molecule has 18 heavy (non-hydrogen) atoms. The van der Waals surface area contributed by atoms with Gasteiger partial charge < -0.3 is 14.6 Å². The van der Waals surface area contributed by atoms with Crippen LogP contribution >= 0.6 is 0 Å². The highest BCUT2D eigenvalue weighted by atomic mass is 16.5. The van der Waals surface area contributed by atoms with Crippen LogP contribution in [0.4, 0.5) is 0 Å². The normalized spacial score (nSPS) is 16.2. The first-order chi connectivity index (χ1) is 8.66. The van der Waals surface area contributed by atoms with Crippen LogP contribution in [0.2, 0.25) is 0 Å². The minimum atomic E-state index is -1.24. The van der Waals surface area contributed by atoms with E-state index < -0.39 is 5.97 Å². The summed E-state index contributed by atoms with van der Waals surface area (Å²) in [5, 5.41) is 10.6. The Morgan fingerprint density at radius 2 is 1.67 bits per heavy atom. The van der Waals surface area contributed by atoms with Gasteiger partial charge in [0, 0.05) is 0 Å². The Morgan fingerprint density at radius 1 is 1.06 bits per heavy atom. The van der Waals surface area contributed by atoms with Crippen LogP contribution in [0.15, 0.2) is 24.3 Å². The van der Waals surface area contributed by atoms with Gasteiger partial charge in [0.1, 0.15) is 5.75 Å². The van der Waals surface area contributed by atoms with E-state index in [0.29, 0.717) is 5.75 Å². The van der Waals surface area contributed by atoms with E-state index in [9.17, 15) is 14.7 Å². The summed E-state index contributed by atoms with van der Waals surface area (Å²) in [5.74, 6) is -1.08. The number of carbonyl (C=O) groups excluding carboxylic acids is 2. The van der Waals surface area contributed by atoms with E-state index in [1.807, 2.05) is 0 Å². The predicted octanol–water partition coefficient (Wildman–Crippen LogP) is 1.54. The van der Waals surface area contributed by atoms with E-state index in [1.165, 1.54) is 30.7 Å². The Kier molecular flexibility index (Phi) is 3.97. The Labute approximate surface area is 106 Å². The van der Waals surface area contributed by atoms with Crippen molar-refractivity contribution in [3.05, 3.63) is 29.8 Å². The Hall–Kier alpha value is -1.84. The highest BCUT2D eigenvalue weighted by Gasteiger charge is 2.22. The molecule has 0 N–H and O–H groups in total. The molecule has 0 heterocycles. The van der Waals surface area contributed by atoms with E-state index >= 15 is 0 Å². The minimum absolute atomic E-state index is 0.0143. The third-order valence-electron chi connectivity index (χ3n) is 3.25. The third-order valence-corrected chi connectivity index (χ3v) is 3.25. The smallest absolute Gasteiger partial charge is 0.314 e. The van der Waals surface area contributed by atoms with Crippen molar-refractivity contribution in [2.75, 3.05) is 0 Å². The van der Waals surface area contributed by atoms with Gasteiger partial charge in [-0.1, -0.05) is 19.3 Å². The summed E-state index contributed by atoms with van der Waals surface area (Å²) < 4.78 is 5.24. The summed E-state index contributed by atoms with van der Waals surface area (Å²) in [5.41, 5.74) is 0.0764. The van der Waals surface area contributed by atoms with Crippen molar-refractivity contribution in [2.24, 2.45) is 5.92 Å². The summed E-state index contributed by atoms with van der Waals surface area (Å²) in [7, 11) is 0. The predicted molar refractivity (Wildman–Crippen MR) is 63.0 cm³/mol. The molecule has 0 aromatic heterocycles. The zero-order chi connectivity index (χ0) is 13.0. The maximum absolute atomic E-state index is 11.8. The molecule has 1 aliphatic rings. The minimum Gasteiger partial charge on any atom is -0.545 e. The lowest BCUT2D eigenvalue weighted by atomic mass is 9.89. The number of hydrogen-bond acceptors (Lipinski definition) is 4. The van der Waals surface area contributed by atoms with Crippen molar-refractivity contribution in [2.45, 2.75) is 32.1 Å². The van der Waals surface area contributed by atoms with Gasteiger partial charge in [0.05, 0.1) is 11.9 Å². The summed E-state index contributed by atoms with van der Waals surface area (Å²) in [6.07, 6.45) is 5.10. The molecule has 1 fully saturated rings. The van der Waals surface area contributed by atoms with Crippen LogP contribution in [0.5, 0.6) is 5.75 Å². The largest absolute Gasteiger partial charge is 0.545 e. The summed E-state index contributed by atoms with van der Waals surface area (Å²) >= 11 is 0. The van der Waals surface area contributed by atoms with Crippen LogP contribution in [0, 0.1) is 5.92 Å². The number of aromatic carboxylic acids is 1. The fourth-order valence-electron chi connectivity index (χ4n) is 2.20. The Balaban J connectivity index is 1.96. The monoisotopic (exact) mass is 247 g/mol. The van der Waals surface area contributed by atoms with Crippen molar-refractivity contribution >= 4 is 11.9 Å². The van der Waals surface area contributed by atoms with Gasteiger partial charge in [0.2, 0.25) is 0 Å². The molecule has 0 spiro atoms. The van der Waals surface area contributed by atoms with Gasteiger partial charge in [0.15, 0.2) is 0 Å². The van der Waals surface area contributed by atoms with Crippen LogP contribution in [0.25, 0.3) is 0 Å². The van der Waals surface area contributed by atoms with Gasteiger partial charge in [-0.25, -0.2) is 0 Å². The molecule has 0 atom stereocenters. The van der Waals surface area contributed by atoms with Crippen LogP contribution in [-0.4, -0.2) is 11.9 Å². The molecule has 1 saturated carbocycles. The topological polar surface area (TPSA) is 66.4 Å². The van der Waals surface area contributed by atoms with Crippen molar-refractivity contribution in [3.8, 4) is 5.75 Å². The molecule has 0 radical (unpaired) electrons. The SMILES string of the molecule is O=C([O-])c1ccc(OC(=O)C2CCCCC2)cc1. The quantitative estimate of drug-likeness (QED) is 0.600. The number of hydrogen-bond donors (Lipinski definition) is 0. The van der Waals surface area contributed by atoms with Crippen molar-refractivity contribution in [1.82, 2.24) is 0 Å². The molecule has 0 amide bonds. The molecule has 0 unspecified atom stereocenters. The fraction of sp³-hybridized carbons (Fsp3) is 0.429. The number of esters is 1. The zero-order valence-corrected chi connectivity index (χ0v) is 10.1.